The molecule has 23 heteroatoms. The number of benzene rings is 1. The largest absolute Gasteiger partial charge is 0.491 e. The number of nitrogens with zero attached hydrogens (tertiary/aromatic N) is 3. The van der Waals surface area contributed by atoms with Gasteiger partial charge in [0.25, 0.3) is 0 Å². The number of aromatic carboxylic acids is 1. The van der Waals surface area contributed by atoms with Crippen LogP contribution < -0.4 is 10.2 Å². The second-order valence-corrected chi connectivity index (χ2v) is 23.9. The van der Waals surface area contributed by atoms with E-state index in [1.165, 1.54) is 20.2 Å². The number of aliphatic hydroxyl groups is 3. The van der Waals surface area contributed by atoms with E-state index in [9.17, 15) is 39.6 Å². The Hall–Kier alpha value is -4.37. The Morgan fingerprint density at radius 3 is 2.12 bits per heavy atom. The van der Waals surface area contributed by atoms with Gasteiger partial charge in [0.2, 0.25) is 5.43 Å². The number of oxime groups is 1. The number of esters is 2. The summed E-state index contributed by atoms with van der Waals surface area (Å²) in [5, 5.41) is 50.4. The van der Waals surface area contributed by atoms with Gasteiger partial charge in [-0.3, -0.25) is 14.4 Å². The molecule has 4 N–H and O–H groups in total. The van der Waals surface area contributed by atoms with E-state index < -0.39 is 119 Å². The van der Waals surface area contributed by atoms with Crippen LogP contribution in [0.5, 0.6) is 5.75 Å². The summed E-state index contributed by atoms with van der Waals surface area (Å²) in [4.78, 5) is 60.3. The number of pyridine rings is 1. The van der Waals surface area contributed by atoms with Crippen LogP contribution in [-0.2, 0) is 61.8 Å². The Morgan fingerprint density at radius 2 is 1.51 bits per heavy atom. The number of methoxy groups -OCH3 is 2. The first-order valence-electron chi connectivity index (χ1n) is 29.4. The zero-order chi connectivity index (χ0) is 61.3. The fourth-order valence-corrected chi connectivity index (χ4v) is 12.2. The molecule has 0 bridgehead atoms. The van der Waals surface area contributed by atoms with Gasteiger partial charge >= 0.3 is 17.9 Å². The molecule has 1 aliphatic carbocycles. The van der Waals surface area contributed by atoms with E-state index in [0.29, 0.717) is 28.8 Å². The van der Waals surface area contributed by atoms with Gasteiger partial charge in [0, 0.05) is 68.1 Å². The minimum absolute atomic E-state index is 0.0363. The molecule has 6 rings (SSSR count). The van der Waals surface area contributed by atoms with Crippen molar-refractivity contribution in [3.05, 3.63) is 40.2 Å². The van der Waals surface area contributed by atoms with Crippen LogP contribution in [-0.4, -0.2) is 206 Å². The zero-order valence-electron chi connectivity index (χ0n) is 51.4. The third-order valence-corrected chi connectivity index (χ3v) is 17.3. The van der Waals surface area contributed by atoms with E-state index in [0.717, 1.165) is 12.8 Å². The fourth-order valence-electron chi connectivity index (χ4n) is 12.2. The van der Waals surface area contributed by atoms with Gasteiger partial charge in [-0.1, -0.05) is 32.9 Å². The number of rotatable bonds is 23. The van der Waals surface area contributed by atoms with E-state index in [2.05, 4.69) is 5.16 Å². The number of cyclic esters (lactones) is 1. The Balaban J connectivity index is 1.14. The number of carboxylic acid groups (broad SMARTS) is 1. The molecule has 0 spiro atoms. The molecule has 1 saturated carbocycles. The molecule has 2 aromatic rings. The minimum Gasteiger partial charge on any atom is -0.491 e. The van der Waals surface area contributed by atoms with E-state index in [1.807, 2.05) is 51.3 Å². The topological polar surface area (TPSA) is 280 Å². The second-order valence-electron chi connectivity index (χ2n) is 23.9. The number of aliphatic hydroxyl groups excluding tert-OH is 2. The first-order chi connectivity index (χ1) is 39.2. The van der Waals surface area contributed by atoms with Crippen molar-refractivity contribution in [1.29, 1.82) is 0 Å². The van der Waals surface area contributed by atoms with Crippen molar-refractivity contribution in [2.45, 2.75) is 211 Å². The molecule has 2 unspecified atom stereocenters. The van der Waals surface area contributed by atoms with Gasteiger partial charge in [0.05, 0.1) is 86.1 Å². The smallest absolute Gasteiger partial charge is 0.341 e. The number of carbonyl (C=O) groups is 3. The molecule has 4 heterocycles. The molecule has 18 atom stereocenters. The second kappa shape index (κ2) is 29.3. The van der Waals surface area contributed by atoms with E-state index in [1.54, 1.807) is 66.9 Å². The van der Waals surface area contributed by atoms with Crippen molar-refractivity contribution in [2.75, 3.05) is 68.0 Å². The summed E-state index contributed by atoms with van der Waals surface area (Å²) in [6.07, 6.45) is -5.98. The SMILES string of the molecule is CCON=C1[C@H](C)C[C@@](C)(OC)[C@H](OC2O[C@H](C)C[C@H](N(C)C)[C@H]2O)[C@@H](C)[C@H](OC2C[C@@](C)(OC)[C@@H](OC(=O)CCOCCOCCOc3ccc4c(=O)c(C(=O)O)cn(C5CC5)c4c3)[C@H](C)O2)[C@@H](C)C(=O)O[C@H](CC)[C@@](C)(O)[C@H](O)[C@H]1C. The Labute approximate surface area is 488 Å². The summed E-state index contributed by atoms with van der Waals surface area (Å²) in [5.41, 5.74) is -4.13. The molecule has 4 aliphatic rings. The minimum atomic E-state index is -1.95. The van der Waals surface area contributed by atoms with Crippen molar-refractivity contribution in [2.24, 2.45) is 28.8 Å². The summed E-state index contributed by atoms with van der Waals surface area (Å²) in [7, 11) is 6.82. The molecule has 0 amide bonds. The lowest BCUT2D eigenvalue weighted by molar-refractivity contribution is -0.320. The van der Waals surface area contributed by atoms with Gasteiger partial charge in [-0.05, 0) is 107 Å². The molecule has 0 radical (unpaired) electrons. The third kappa shape index (κ3) is 16.2. The van der Waals surface area contributed by atoms with Crippen LogP contribution in [0, 0.1) is 23.7 Å². The molecule has 1 aromatic heterocycles. The van der Waals surface area contributed by atoms with E-state index in [4.69, 9.17) is 56.9 Å². The third-order valence-electron chi connectivity index (χ3n) is 17.3. The number of aromatic nitrogens is 1. The lowest BCUT2D eigenvalue weighted by Crippen LogP contribution is -2.61. The van der Waals surface area contributed by atoms with Gasteiger partial charge < -0.3 is 86.8 Å². The normalized spacial score (nSPS) is 36.3. The van der Waals surface area contributed by atoms with Crippen LogP contribution in [0.15, 0.2) is 34.3 Å². The summed E-state index contributed by atoms with van der Waals surface area (Å²) in [5.74, 6) is -5.15. The van der Waals surface area contributed by atoms with Gasteiger partial charge in [-0.25, -0.2) is 4.79 Å². The molecule has 4 fully saturated rings. The Kier molecular flexibility index (Phi) is 24.0. The van der Waals surface area contributed by atoms with Crippen LogP contribution in [0.1, 0.15) is 138 Å². The highest BCUT2D eigenvalue weighted by atomic mass is 16.7. The summed E-state index contributed by atoms with van der Waals surface area (Å²) >= 11 is 0. The van der Waals surface area contributed by atoms with Crippen molar-refractivity contribution < 1.29 is 91.8 Å². The maximum Gasteiger partial charge on any atom is 0.341 e. The van der Waals surface area contributed by atoms with Crippen molar-refractivity contribution in [3.63, 3.8) is 0 Å². The highest BCUT2D eigenvalue weighted by Gasteiger charge is 2.55. The van der Waals surface area contributed by atoms with Crippen LogP contribution in [0.4, 0.5) is 0 Å². The predicted molar refractivity (Wildman–Crippen MR) is 304 cm³/mol. The molecule has 1 aromatic carbocycles. The average molecular weight is 1180 g/mol. The van der Waals surface area contributed by atoms with Gasteiger partial charge in [0.15, 0.2) is 18.7 Å². The van der Waals surface area contributed by atoms with Crippen LogP contribution >= 0.6 is 0 Å². The van der Waals surface area contributed by atoms with Gasteiger partial charge in [-0.2, -0.15) is 0 Å². The number of hydrogen-bond donors (Lipinski definition) is 4. The number of ether oxygens (including phenoxy) is 11. The zero-order valence-corrected chi connectivity index (χ0v) is 51.4. The molecular formula is C60H95N3O20. The molecular weight excluding hydrogens is 1080 g/mol. The number of fused-ring (bicyclic) bond motifs is 1. The number of carbonyl (C=O) groups excluding carboxylic acids is 2. The first kappa shape index (κ1) is 67.8. The van der Waals surface area contributed by atoms with Crippen LogP contribution in [0.2, 0.25) is 0 Å². The standard InChI is InChI=1S/C60H95N3O20/c1-16-45-60(11,71)52(67)35(5)48(61-77-17-2)33(3)30-58(9,72-14)53(83-57-50(66)44(62(12)13)28-34(4)78-57)36(6)51(37(7)56(70)80-45)82-47-31-59(10,73-15)54(38(8)79-47)81-46(64)22-23-74-24-25-75-26-27-76-40-20-21-41-43(29-40)63(39-18-19-39)32-42(49(41)65)55(68)69/h20-21,29,32-39,44-45,47,50-54,57,66-67,71H,16-19,22-28,30-31H2,1-15H3,(H,68,69)/t33-,34-,35+,36+,37-,38+,44+,45-,47?,50-,51+,52-,53-,54+,57?,58-,59-,60-/m1/s1. The monoisotopic (exact) mass is 1180 g/mol. The van der Waals surface area contributed by atoms with Crippen LogP contribution in [0.25, 0.3) is 10.9 Å². The first-order valence-corrected chi connectivity index (χ1v) is 29.4. The van der Waals surface area contributed by atoms with Crippen molar-refractivity contribution >= 4 is 34.5 Å². The molecule has 23 nitrogen and oxygen atoms in total. The quantitative estimate of drug-likeness (QED) is 0.0593. The Bertz CT molecular complexity index is 2560. The van der Waals surface area contributed by atoms with E-state index in [-0.39, 0.29) is 89.1 Å². The maximum atomic E-state index is 14.7. The lowest BCUT2D eigenvalue weighted by Gasteiger charge is -2.50. The number of carboxylic acids is 1. The van der Waals surface area contributed by atoms with Crippen molar-refractivity contribution in [1.82, 2.24) is 9.47 Å². The maximum absolute atomic E-state index is 14.7. The Morgan fingerprint density at radius 1 is 0.855 bits per heavy atom. The fraction of sp³-hybridized carbons (Fsp3) is 0.783. The summed E-state index contributed by atoms with van der Waals surface area (Å²) in [6, 6.07) is 4.76. The molecule has 3 saturated heterocycles. The highest BCUT2D eigenvalue weighted by molar-refractivity contribution is 5.93. The lowest BCUT2D eigenvalue weighted by atomic mass is 9.73. The average Bonchev–Trinajstić information content (AvgIpc) is 3.56. The molecule has 83 heavy (non-hydrogen) atoms. The summed E-state index contributed by atoms with van der Waals surface area (Å²) < 4.78 is 71.0. The summed E-state index contributed by atoms with van der Waals surface area (Å²) in [6.45, 7) is 20.6. The predicted octanol–water partition coefficient (Wildman–Crippen LogP) is 5.66. The van der Waals surface area contributed by atoms with Crippen LogP contribution in [0.3, 0.4) is 0 Å². The van der Waals surface area contributed by atoms with Gasteiger partial charge in [0.1, 0.15) is 47.9 Å². The molecule has 3 aliphatic heterocycles. The number of likely N-dealkylation sites (N-methyl/N-ethyl adjacent to an activating group) is 1. The van der Waals surface area contributed by atoms with E-state index >= 15 is 0 Å². The van der Waals surface area contributed by atoms with Crippen molar-refractivity contribution in [3.8, 4) is 5.75 Å². The highest BCUT2D eigenvalue weighted by Crippen LogP contribution is 2.43. The number of hydrogen-bond acceptors (Lipinski definition) is 21. The van der Waals surface area contributed by atoms with Gasteiger partial charge in [-0.15, -0.1) is 0 Å². The molecule has 470 valence electrons.